The van der Waals surface area contributed by atoms with Crippen molar-refractivity contribution in [2.24, 2.45) is 4.99 Å². The second kappa shape index (κ2) is 6.33. The highest BCUT2D eigenvalue weighted by molar-refractivity contribution is 7.96. The van der Waals surface area contributed by atoms with Gasteiger partial charge >= 0.3 is 5.97 Å². The van der Waals surface area contributed by atoms with E-state index >= 15 is 0 Å². The number of rotatable bonds is 5. The van der Waals surface area contributed by atoms with Gasteiger partial charge in [-0.25, -0.2) is 8.42 Å². The molecule has 0 spiro atoms. The van der Waals surface area contributed by atoms with Gasteiger partial charge in [0.1, 0.15) is 9.97 Å². The van der Waals surface area contributed by atoms with Gasteiger partial charge in [-0.1, -0.05) is 11.6 Å². The maximum Gasteiger partial charge on any atom is 0.308 e. The fourth-order valence-electron chi connectivity index (χ4n) is 1.00. The second-order valence-corrected chi connectivity index (χ2v) is 7.40. The number of sulfone groups is 1. The van der Waals surface area contributed by atoms with E-state index in [1.54, 1.807) is 20.8 Å². The standard InChI is InChI=1S/C11H18ClNO4S/c1-11(2,3)17-10(14)7-8(13-4)6-9(12)18(5,15)16/h6,8H,4,7H2,1-3,5H3/b9-6+/t8-/m1/s1. The van der Waals surface area contributed by atoms with Gasteiger partial charge in [0, 0.05) is 6.26 Å². The third kappa shape index (κ3) is 7.45. The normalized spacial score (nSPS) is 15.1. The molecule has 0 aromatic heterocycles. The van der Waals surface area contributed by atoms with Crippen molar-refractivity contribution in [1.29, 1.82) is 0 Å². The van der Waals surface area contributed by atoms with Crippen LogP contribution >= 0.6 is 11.6 Å². The van der Waals surface area contributed by atoms with E-state index in [0.717, 1.165) is 6.26 Å². The molecule has 5 nitrogen and oxygen atoms in total. The van der Waals surface area contributed by atoms with Crippen LogP contribution in [0.4, 0.5) is 0 Å². The van der Waals surface area contributed by atoms with Crippen molar-refractivity contribution in [1.82, 2.24) is 0 Å². The first-order valence-corrected chi connectivity index (χ1v) is 7.47. The van der Waals surface area contributed by atoms with E-state index in [4.69, 9.17) is 16.3 Å². The van der Waals surface area contributed by atoms with E-state index in [0.29, 0.717) is 0 Å². The Morgan fingerprint density at radius 3 is 2.33 bits per heavy atom. The average molecular weight is 296 g/mol. The lowest BCUT2D eigenvalue weighted by molar-refractivity contribution is -0.154. The summed E-state index contributed by atoms with van der Waals surface area (Å²) in [7, 11) is -3.49. The van der Waals surface area contributed by atoms with Crippen LogP contribution in [0.25, 0.3) is 0 Å². The fourth-order valence-corrected chi connectivity index (χ4v) is 1.55. The molecular formula is C11H18ClNO4S. The predicted octanol–water partition coefficient (Wildman–Crippen LogP) is 1.91. The maximum atomic E-state index is 11.5. The first-order chi connectivity index (χ1) is 7.95. The van der Waals surface area contributed by atoms with Crippen molar-refractivity contribution in [3.05, 3.63) is 10.4 Å². The minimum atomic E-state index is -3.49. The summed E-state index contributed by atoms with van der Waals surface area (Å²) in [6.45, 7) is 8.50. The van der Waals surface area contributed by atoms with Crippen molar-refractivity contribution >= 4 is 34.1 Å². The largest absolute Gasteiger partial charge is 0.460 e. The molecule has 104 valence electrons. The molecule has 0 amide bonds. The van der Waals surface area contributed by atoms with E-state index in [9.17, 15) is 13.2 Å². The summed E-state index contributed by atoms with van der Waals surface area (Å²) in [4.78, 5) is 15.2. The number of hydrogen-bond acceptors (Lipinski definition) is 5. The molecule has 0 bridgehead atoms. The number of hydrogen-bond donors (Lipinski definition) is 0. The zero-order valence-electron chi connectivity index (χ0n) is 10.9. The molecule has 0 N–H and O–H groups in total. The number of carbonyl (C=O) groups is 1. The number of ether oxygens (including phenoxy) is 1. The molecule has 0 unspecified atom stereocenters. The third-order valence-electron chi connectivity index (χ3n) is 1.71. The summed E-state index contributed by atoms with van der Waals surface area (Å²) in [5.74, 6) is -0.492. The summed E-state index contributed by atoms with van der Waals surface area (Å²) in [6, 6.07) is -0.720. The molecule has 0 radical (unpaired) electrons. The molecule has 0 saturated carbocycles. The smallest absolute Gasteiger partial charge is 0.308 e. The van der Waals surface area contributed by atoms with Gasteiger partial charge in [-0.3, -0.25) is 9.79 Å². The van der Waals surface area contributed by atoms with Gasteiger partial charge < -0.3 is 4.74 Å². The lowest BCUT2D eigenvalue weighted by atomic mass is 10.2. The molecule has 18 heavy (non-hydrogen) atoms. The van der Waals surface area contributed by atoms with Crippen LogP contribution in [0.1, 0.15) is 27.2 Å². The van der Waals surface area contributed by atoms with Crippen LogP contribution in [-0.4, -0.2) is 39.0 Å². The summed E-state index contributed by atoms with van der Waals surface area (Å²) >= 11 is 5.58. The summed E-state index contributed by atoms with van der Waals surface area (Å²) in [6.07, 6.45) is 2.04. The SMILES string of the molecule is C=N[C@H](/C=C(\Cl)S(C)(=O)=O)CC(=O)OC(C)(C)C. The molecular weight excluding hydrogens is 278 g/mol. The highest BCUT2D eigenvalue weighted by Crippen LogP contribution is 2.15. The maximum absolute atomic E-state index is 11.5. The van der Waals surface area contributed by atoms with Crippen LogP contribution in [0.15, 0.2) is 15.4 Å². The van der Waals surface area contributed by atoms with E-state index in [1.165, 1.54) is 6.08 Å². The van der Waals surface area contributed by atoms with Crippen LogP contribution in [0, 0.1) is 0 Å². The molecule has 7 heteroatoms. The minimum absolute atomic E-state index is 0.105. The zero-order chi connectivity index (χ0) is 14.6. The average Bonchev–Trinajstić information content (AvgIpc) is 2.11. The van der Waals surface area contributed by atoms with Gasteiger partial charge in [0.2, 0.25) is 0 Å². The molecule has 0 aromatic carbocycles. The topological polar surface area (TPSA) is 72.8 Å². The molecule has 0 aliphatic rings. The number of nitrogens with zero attached hydrogens (tertiary/aromatic N) is 1. The van der Waals surface area contributed by atoms with Crippen LogP contribution in [-0.2, 0) is 19.4 Å². The van der Waals surface area contributed by atoms with Crippen LogP contribution in [0.3, 0.4) is 0 Å². The fraction of sp³-hybridized carbons (Fsp3) is 0.636. The number of carbonyl (C=O) groups excluding carboxylic acids is 1. The molecule has 1 atom stereocenters. The molecule has 0 heterocycles. The Kier molecular flexibility index (Phi) is 6.02. The van der Waals surface area contributed by atoms with E-state index in [1.807, 2.05) is 0 Å². The lowest BCUT2D eigenvalue weighted by Crippen LogP contribution is -2.25. The minimum Gasteiger partial charge on any atom is -0.460 e. The van der Waals surface area contributed by atoms with Crippen LogP contribution < -0.4 is 0 Å². The van der Waals surface area contributed by atoms with E-state index in [2.05, 4.69) is 11.7 Å². The number of aliphatic imine (C=N–C) groups is 1. The number of esters is 1. The molecule has 0 aliphatic carbocycles. The van der Waals surface area contributed by atoms with E-state index in [-0.39, 0.29) is 10.8 Å². The Hall–Kier alpha value is -0.880. The quantitative estimate of drug-likeness (QED) is 0.574. The Balaban J connectivity index is 4.75. The van der Waals surface area contributed by atoms with E-state index < -0.39 is 27.4 Å². The molecule has 0 rings (SSSR count). The Morgan fingerprint density at radius 2 is 2.00 bits per heavy atom. The Morgan fingerprint density at radius 1 is 1.50 bits per heavy atom. The summed E-state index contributed by atoms with van der Waals surface area (Å²) < 4.78 is 27.0. The molecule has 0 fully saturated rings. The van der Waals surface area contributed by atoms with Gasteiger partial charge in [0.25, 0.3) is 0 Å². The lowest BCUT2D eigenvalue weighted by Gasteiger charge is -2.20. The Labute approximate surface area is 113 Å². The first-order valence-electron chi connectivity index (χ1n) is 5.21. The van der Waals surface area contributed by atoms with Gasteiger partial charge in [-0.2, -0.15) is 0 Å². The van der Waals surface area contributed by atoms with Gasteiger partial charge in [0.05, 0.1) is 12.5 Å². The molecule has 0 saturated heterocycles. The van der Waals surface area contributed by atoms with Crippen LogP contribution in [0.5, 0.6) is 0 Å². The van der Waals surface area contributed by atoms with Crippen molar-refractivity contribution in [3.63, 3.8) is 0 Å². The molecule has 0 aliphatic heterocycles. The molecule has 0 aromatic rings. The monoisotopic (exact) mass is 295 g/mol. The zero-order valence-corrected chi connectivity index (χ0v) is 12.5. The van der Waals surface area contributed by atoms with Crippen molar-refractivity contribution in [2.75, 3.05) is 6.26 Å². The summed E-state index contributed by atoms with van der Waals surface area (Å²) in [5.41, 5.74) is -0.604. The van der Waals surface area contributed by atoms with Crippen molar-refractivity contribution in [3.8, 4) is 0 Å². The summed E-state index contributed by atoms with van der Waals surface area (Å²) in [5, 5.41) is 0. The van der Waals surface area contributed by atoms with Crippen molar-refractivity contribution < 1.29 is 17.9 Å². The van der Waals surface area contributed by atoms with Gasteiger partial charge in [0.15, 0.2) is 9.84 Å². The number of halogens is 1. The highest BCUT2D eigenvalue weighted by Gasteiger charge is 2.20. The highest BCUT2D eigenvalue weighted by atomic mass is 35.5. The van der Waals surface area contributed by atoms with Gasteiger partial charge in [-0.05, 0) is 33.6 Å². The van der Waals surface area contributed by atoms with Gasteiger partial charge in [-0.15, -0.1) is 0 Å². The predicted molar refractivity (Wildman–Crippen MR) is 72.6 cm³/mol. The van der Waals surface area contributed by atoms with Crippen LogP contribution in [0.2, 0.25) is 0 Å². The first kappa shape index (κ1) is 17.1. The van der Waals surface area contributed by atoms with Crippen molar-refractivity contribution in [2.45, 2.75) is 38.8 Å². The Bertz CT molecular complexity index is 448. The third-order valence-corrected chi connectivity index (χ3v) is 3.52. The second-order valence-electron chi connectivity index (χ2n) is 4.78.